The van der Waals surface area contributed by atoms with Gasteiger partial charge in [0.1, 0.15) is 33.0 Å². The molecule has 0 aliphatic heterocycles. The van der Waals surface area contributed by atoms with Gasteiger partial charge in [-0.3, -0.25) is 8.80 Å². The smallest absolute Gasteiger partial charge is 0.156 e. The van der Waals surface area contributed by atoms with Crippen molar-refractivity contribution in [2.24, 2.45) is 0 Å². The van der Waals surface area contributed by atoms with Crippen LogP contribution < -0.4 is 0 Å². The van der Waals surface area contributed by atoms with Crippen molar-refractivity contribution in [1.82, 2.24) is 28.7 Å². The summed E-state index contributed by atoms with van der Waals surface area (Å²) in [6, 6.07) is 7.82. The van der Waals surface area contributed by atoms with Gasteiger partial charge in [-0.2, -0.15) is 0 Å². The fraction of sp³-hybridized carbons (Fsp3) is 0.0769. The Morgan fingerprint density at radius 2 is 1.27 bits per heavy atom. The van der Waals surface area contributed by atoms with Crippen molar-refractivity contribution < 1.29 is 19.0 Å². The molecule has 2 unspecified atom stereocenters. The van der Waals surface area contributed by atoms with Gasteiger partial charge in [0, 0.05) is 34.6 Å². The minimum absolute atomic E-state index is 0.00769. The number of benzene rings is 2. The molecule has 0 saturated carbocycles. The second kappa shape index (κ2) is 10.4. The maximum Gasteiger partial charge on any atom is 0.156 e. The first-order valence-corrected chi connectivity index (χ1v) is 13.8. The Labute approximate surface area is 251 Å². The molecular formula is C26H14Br2Cl2F2N6O2. The van der Waals surface area contributed by atoms with Gasteiger partial charge in [0.2, 0.25) is 0 Å². The average molecular weight is 711 g/mol. The molecule has 202 valence electrons. The van der Waals surface area contributed by atoms with Crippen molar-refractivity contribution in [2.75, 3.05) is 0 Å². The number of aromatic nitrogens is 6. The van der Waals surface area contributed by atoms with Gasteiger partial charge in [0.05, 0.1) is 40.2 Å². The highest BCUT2D eigenvalue weighted by atomic mass is 79.9. The van der Waals surface area contributed by atoms with Crippen LogP contribution in [0.5, 0.6) is 0 Å². The van der Waals surface area contributed by atoms with Crippen LogP contribution in [-0.4, -0.2) is 39.0 Å². The van der Waals surface area contributed by atoms with E-state index in [2.05, 4.69) is 51.8 Å². The first kappa shape index (κ1) is 27.2. The topological polar surface area (TPSA) is 101 Å². The molecule has 0 bridgehead atoms. The lowest BCUT2D eigenvalue weighted by atomic mass is 9.98. The second-order valence-corrected chi connectivity index (χ2v) is 11.2. The third kappa shape index (κ3) is 4.68. The molecule has 4 aromatic heterocycles. The zero-order valence-corrected chi connectivity index (χ0v) is 24.5. The van der Waals surface area contributed by atoms with Crippen LogP contribution in [0.4, 0.5) is 8.78 Å². The summed E-state index contributed by atoms with van der Waals surface area (Å²) in [6.07, 6.45) is 2.64. The molecule has 6 aromatic rings. The number of rotatable bonds is 5. The van der Waals surface area contributed by atoms with Crippen LogP contribution in [0.3, 0.4) is 0 Å². The summed E-state index contributed by atoms with van der Waals surface area (Å²) < 4.78 is 32.6. The summed E-state index contributed by atoms with van der Waals surface area (Å²) >= 11 is 19.2. The van der Waals surface area contributed by atoms with E-state index in [1.165, 1.54) is 35.1 Å². The number of imidazole rings is 2. The molecule has 2 N–H and O–H groups in total. The van der Waals surface area contributed by atoms with E-state index in [9.17, 15) is 19.0 Å². The van der Waals surface area contributed by atoms with E-state index in [0.29, 0.717) is 25.4 Å². The number of aliphatic hydroxyl groups excluding tert-OH is 2. The quantitative estimate of drug-likeness (QED) is 0.200. The Kier molecular flexibility index (Phi) is 7.09. The standard InChI is InChI=1S/C26H14Br2Cl2F2N6O2/c27-17-9-37-19(7-33-17)35-21(13-3-1-11(29)5-15(13)30)23(37)25(39)26(40)24-22(14-4-2-12(31)6-16(14)32)36-20-8-34-18(28)10-38(20)24/h1-10,25-26,39-40H. The highest BCUT2D eigenvalue weighted by Gasteiger charge is 2.34. The molecule has 2 atom stereocenters. The van der Waals surface area contributed by atoms with Crippen LogP contribution in [-0.2, 0) is 0 Å². The van der Waals surface area contributed by atoms with Crippen molar-refractivity contribution >= 4 is 66.4 Å². The maximum atomic E-state index is 15.0. The van der Waals surface area contributed by atoms with E-state index >= 15 is 0 Å². The second-order valence-electron chi connectivity index (χ2n) is 8.71. The van der Waals surface area contributed by atoms with E-state index in [4.69, 9.17) is 23.2 Å². The molecule has 4 heterocycles. The summed E-state index contributed by atoms with van der Waals surface area (Å²) in [5.74, 6) is -1.66. The van der Waals surface area contributed by atoms with Crippen molar-refractivity contribution in [2.45, 2.75) is 12.2 Å². The Bertz CT molecular complexity index is 1810. The summed E-state index contributed by atoms with van der Waals surface area (Å²) in [6.45, 7) is 0. The summed E-state index contributed by atoms with van der Waals surface area (Å²) in [7, 11) is 0. The van der Waals surface area contributed by atoms with E-state index in [1.54, 1.807) is 22.7 Å². The number of halogens is 6. The monoisotopic (exact) mass is 708 g/mol. The van der Waals surface area contributed by atoms with Crippen LogP contribution in [0.2, 0.25) is 10.0 Å². The molecule has 0 spiro atoms. The van der Waals surface area contributed by atoms with E-state index in [-0.39, 0.29) is 39.0 Å². The van der Waals surface area contributed by atoms with Gasteiger partial charge in [0.15, 0.2) is 11.3 Å². The first-order valence-electron chi connectivity index (χ1n) is 11.5. The molecule has 2 aromatic carbocycles. The predicted octanol–water partition coefficient (Wildman–Crippen LogP) is 6.98. The predicted molar refractivity (Wildman–Crippen MR) is 152 cm³/mol. The third-order valence-corrected chi connectivity index (χ3v) is 7.63. The van der Waals surface area contributed by atoms with Crippen LogP contribution in [0.15, 0.2) is 70.4 Å². The van der Waals surface area contributed by atoms with Crippen molar-refractivity contribution in [3.8, 4) is 22.5 Å². The zero-order valence-electron chi connectivity index (χ0n) is 19.8. The van der Waals surface area contributed by atoms with Crippen molar-refractivity contribution in [3.63, 3.8) is 0 Å². The minimum atomic E-state index is -1.69. The summed E-state index contributed by atoms with van der Waals surface area (Å²) in [5.41, 5.74) is 1.45. The minimum Gasteiger partial charge on any atom is -0.384 e. The molecule has 14 heteroatoms. The lowest BCUT2D eigenvalue weighted by molar-refractivity contribution is 0.0117. The van der Waals surface area contributed by atoms with Gasteiger partial charge in [-0.15, -0.1) is 0 Å². The zero-order chi connectivity index (χ0) is 28.3. The van der Waals surface area contributed by atoms with Gasteiger partial charge in [-0.25, -0.2) is 28.7 Å². The number of nitrogens with zero attached hydrogens (tertiary/aromatic N) is 6. The lowest BCUT2D eigenvalue weighted by Crippen LogP contribution is -2.16. The Hall–Kier alpha value is -3.00. The summed E-state index contributed by atoms with van der Waals surface area (Å²) in [4.78, 5) is 17.4. The normalized spacial score (nSPS) is 13.3. The average Bonchev–Trinajstić information content (AvgIpc) is 3.45. The highest BCUT2D eigenvalue weighted by molar-refractivity contribution is 9.10. The van der Waals surface area contributed by atoms with E-state index in [1.807, 2.05) is 0 Å². The Balaban J connectivity index is 1.60. The largest absolute Gasteiger partial charge is 0.384 e. The maximum absolute atomic E-state index is 15.0. The number of fused-ring (bicyclic) bond motifs is 2. The third-order valence-electron chi connectivity index (χ3n) is 6.26. The van der Waals surface area contributed by atoms with Gasteiger partial charge < -0.3 is 10.2 Å². The van der Waals surface area contributed by atoms with Crippen LogP contribution >= 0.6 is 55.1 Å². The molecule has 0 amide bonds. The molecule has 0 radical (unpaired) electrons. The highest BCUT2D eigenvalue weighted by Crippen LogP contribution is 2.42. The van der Waals surface area contributed by atoms with Crippen molar-refractivity contribution in [3.05, 3.63) is 103 Å². The molecule has 6 rings (SSSR count). The van der Waals surface area contributed by atoms with Gasteiger partial charge >= 0.3 is 0 Å². The molecule has 8 nitrogen and oxygen atoms in total. The van der Waals surface area contributed by atoms with Gasteiger partial charge in [0.25, 0.3) is 0 Å². The number of hydrogen-bond acceptors (Lipinski definition) is 6. The Morgan fingerprint density at radius 3 is 1.80 bits per heavy atom. The van der Waals surface area contributed by atoms with Crippen LogP contribution in [0.1, 0.15) is 23.6 Å². The van der Waals surface area contributed by atoms with Gasteiger partial charge in [-0.05, 0) is 62.2 Å². The fourth-order valence-corrected chi connectivity index (χ4v) is 5.63. The van der Waals surface area contributed by atoms with Crippen LogP contribution in [0.25, 0.3) is 33.8 Å². The first-order chi connectivity index (χ1) is 19.1. The van der Waals surface area contributed by atoms with E-state index in [0.717, 1.165) is 12.1 Å². The molecule has 0 fully saturated rings. The number of aliphatic hydroxyl groups is 2. The molecule has 0 aliphatic carbocycles. The molecular weight excluding hydrogens is 697 g/mol. The Morgan fingerprint density at radius 1 is 0.750 bits per heavy atom. The molecule has 0 saturated heterocycles. The molecule has 0 aliphatic rings. The van der Waals surface area contributed by atoms with Gasteiger partial charge in [-0.1, -0.05) is 23.2 Å². The fourth-order valence-electron chi connectivity index (χ4n) is 4.52. The number of hydrogen-bond donors (Lipinski definition) is 2. The van der Waals surface area contributed by atoms with Crippen molar-refractivity contribution in [1.29, 1.82) is 0 Å². The summed E-state index contributed by atoms with van der Waals surface area (Å²) in [5, 5.41) is 24.2. The van der Waals surface area contributed by atoms with E-state index < -0.39 is 23.8 Å². The van der Waals surface area contributed by atoms with Crippen LogP contribution in [0, 0.1) is 11.6 Å². The lowest BCUT2D eigenvalue weighted by Gasteiger charge is -2.21. The molecule has 40 heavy (non-hydrogen) atoms. The SMILES string of the molecule is OC(c1c(-c2ccc(F)cc2F)nc2cnc(Br)cn12)C(O)c1c(-c2ccc(Cl)cc2Cl)nc2cnc(Br)cn12.